The second-order valence-electron chi connectivity index (χ2n) is 1.89. The normalized spacial score (nSPS) is 14.0. The van der Waals surface area contributed by atoms with Crippen LogP contribution in [-0.2, 0) is 0 Å². The third kappa shape index (κ3) is 0.627. The summed E-state index contributed by atoms with van der Waals surface area (Å²) in [7, 11) is 0. The molecule has 4 nitrogen and oxygen atoms in total. The van der Waals surface area contributed by atoms with Crippen molar-refractivity contribution >= 4 is 44.8 Å². The lowest BCUT2D eigenvalue weighted by molar-refractivity contribution is 1.84. The van der Waals surface area contributed by atoms with Gasteiger partial charge in [-0.1, -0.05) is 11.3 Å². The second kappa shape index (κ2) is 1.86. The number of nitrogens with two attached hydrogens (primary N) is 2. The van der Waals surface area contributed by atoms with Crippen molar-refractivity contribution in [1.29, 1.82) is 0 Å². The highest BCUT2D eigenvalue weighted by Gasteiger charge is 2.19. The number of rotatable bonds is 0. The number of nitrogen functional groups attached to an aromatic ring is 2. The molecule has 54 valence electrons. The average molecular weight is 174 g/mol. The van der Waals surface area contributed by atoms with Crippen molar-refractivity contribution in [2.75, 3.05) is 20.9 Å². The molecule has 0 amide bonds. The molecule has 6 N–H and O–H groups in total. The molecule has 1 aromatic heterocycles. The maximum Gasteiger partial charge on any atom is 0.114 e. The Morgan fingerprint density at radius 3 is 2.00 bits per heavy atom. The molecule has 0 radical (unpaired) electrons. The Labute approximate surface area is 66.2 Å². The Morgan fingerprint density at radius 1 is 1.00 bits per heavy atom. The highest BCUT2D eigenvalue weighted by Crippen LogP contribution is 2.48. The van der Waals surface area contributed by atoms with E-state index in [0.29, 0.717) is 0 Å². The molecule has 0 fully saturated rings. The van der Waals surface area contributed by atoms with E-state index < -0.39 is 0 Å². The molecule has 0 aliphatic carbocycles. The standard InChI is InChI=1S/C4H6N4S2/c5-3-1-2(4(6)9-3)8-10-7-1/h7-8H,5-6H2. The lowest BCUT2D eigenvalue weighted by atomic mass is 10.4. The Morgan fingerprint density at radius 2 is 1.50 bits per heavy atom. The minimum Gasteiger partial charge on any atom is -0.389 e. The lowest BCUT2D eigenvalue weighted by Gasteiger charge is -1.90. The van der Waals surface area contributed by atoms with Gasteiger partial charge >= 0.3 is 0 Å². The maximum atomic E-state index is 5.62. The highest BCUT2D eigenvalue weighted by atomic mass is 32.2. The zero-order valence-corrected chi connectivity index (χ0v) is 6.60. The minimum absolute atomic E-state index is 0.741. The van der Waals surface area contributed by atoms with Crippen LogP contribution < -0.4 is 20.9 Å². The Hall–Kier alpha value is -0.750. The molecular formula is C4H6N4S2. The fourth-order valence-electron chi connectivity index (χ4n) is 0.797. The summed E-state index contributed by atoms with van der Waals surface area (Å²) in [5, 5.41) is 1.48. The quantitative estimate of drug-likeness (QED) is 0.446. The predicted octanol–water partition coefficient (Wildman–Crippen LogP) is 1.31. The first-order valence-corrected chi connectivity index (χ1v) is 4.28. The van der Waals surface area contributed by atoms with E-state index in [2.05, 4.69) is 9.44 Å². The van der Waals surface area contributed by atoms with E-state index in [1.807, 2.05) is 0 Å². The van der Waals surface area contributed by atoms with Crippen molar-refractivity contribution in [2.45, 2.75) is 0 Å². The average Bonchev–Trinajstić information content (AvgIpc) is 2.39. The molecule has 0 saturated carbocycles. The van der Waals surface area contributed by atoms with Gasteiger partial charge in [-0.2, -0.15) is 0 Å². The number of fused-ring (bicyclic) bond motifs is 1. The molecule has 0 aromatic carbocycles. The van der Waals surface area contributed by atoms with Crippen LogP contribution in [0.3, 0.4) is 0 Å². The molecule has 10 heavy (non-hydrogen) atoms. The van der Waals surface area contributed by atoms with Crippen LogP contribution in [0.5, 0.6) is 0 Å². The maximum absolute atomic E-state index is 5.62. The van der Waals surface area contributed by atoms with Gasteiger partial charge in [0.1, 0.15) is 21.4 Å². The molecule has 0 atom stereocenters. The lowest BCUT2D eigenvalue weighted by Crippen LogP contribution is -1.85. The monoisotopic (exact) mass is 174 g/mol. The molecule has 0 unspecified atom stereocenters. The van der Waals surface area contributed by atoms with Gasteiger partial charge in [-0.25, -0.2) is 0 Å². The van der Waals surface area contributed by atoms with E-state index in [4.69, 9.17) is 11.5 Å². The summed E-state index contributed by atoms with van der Waals surface area (Å²) in [6, 6.07) is 0. The van der Waals surface area contributed by atoms with Gasteiger partial charge in [-0.05, 0) is 0 Å². The van der Waals surface area contributed by atoms with Gasteiger partial charge in [0.05, 0.1) is 12.1 Å². The van der Waals surface area contributed by atoms with Crippen LogP contribution in [-0.4, -0.2) is 0 Å². The van der Waals surface area contributed by atoms with Crippen molar-refractivity contribution in [2.24, 2.45) is 0 Å². The van der Waals surface area contributed by atoms with Crippen LogP contribution in [0, 0.1) is 0 Å². The fraction of sp³-hybridized carbons (Fsp3) is 0. The van der Waals surface area contributed by atoms with E-state index in [-0.39, 0.29) is 0 Å². The minimum atomic E-state index is 0.741. The third-order valence-corrected chi connectivity index (χ3v) is 2.73. The Bertz CT molecular complexity index is 244. The molecule has 1 aliphatic heterocycles. The first-order chi connectivity index (χ1) is 4.79. The number of anilines is 4. The molecule has 1 aromatic rings. The zero-order chi connectivity index (χ0) is 7.14. The number of nitrogens with one attached hydrogen (secondary N) is 2. The summed E-state index contributed by atoms with van der Waals surface area (Å²) >= 11 is 2.77. The first kappa shape index (κ1) is 5.99. The topological polar surface area (TPSA) is 76.1 Å². The van der Waals surface area contributed by atoms with E-state index in [9.17, 15) is 0 Å². The molecule has 0 spiro atoms. The number of hydrogen-bond acceptors (Lipinski definition) is 6. The van der Waals surface area contributed by atoms with E-state index in [0.717, 1.165) is 21.4 Å². The van der Waals surface area contributed by atoms with Crippen LogP contribution in [0.15, 0.2) is 0 Å². The van der Waals surface area contributed by atoms with Gasteiger partial charge in [-0.15, -0.1) is 0 Å². The Kier molecular flexibility index (Phi) is 1.12. The van der Waals surface area contributed by atoms with Gasteiger partial charge in [-0.3, -0.25) is 0 Å². The summed E-state index contributed by atoms with van der Waals surface area (Å²) in [5.41, 5.74) is 13.1. The summed E-state index contributed by atoms with van der Waals surface area (Å²) < 4.78 is 6.00. The van der Waals surface area contributed by atoms with Crippen LogP contribution in [0.4, 0.5) is 21.4 Å². The van der Waals surface area contributed by atoms with Crippen molar-refractivity contribution < 1.29 is 0 Å². The summed E-state index contributed by atoms with van der Waals surface area (Å²) in [4.78, 5) is 0. The van der Waals surface area contributed by atoms with Crippen LogP contribution >= 0.6 is 23.5 Å². The van der Waals surface area contributed by atoms with E-state index in [1.165, 1.54) is 23.5 Å². The van der Waals surface area contributed by atoms with Crippen LogP contribution in [0.1, 0.15) is 0 Å². The predicted molar refractivity (Wildman–Crippen MR) is 48.0 cm³/mol. The van der Waals surface area contributed by atoms with Crippen molar-refractivity contribution in [1.82, 2.24) is 0 Å². The molecule has 2 rings (SSSR count). The third-order valence-electron chi connectivity index (χ3n) is 1.27. The van der Waals surface area contributed by atoms with Crippen molar-refractivity contribution in [3.63, 3.8) is 0 Å². The molecule has 0 bridgehead atoms. The van der Waals surface area contributed by atoms with Gasteiger partial charge in [0.2, 0.25) is 0 Å². The van der Waals surface area contributed by atoms with Crippen LogP contribution in [0.25, 0.3) is 0 Å². The molecule has 0 saturated heterocycles. The van der Waals surface area contributed by atoms with Gasteiger partial charge in [0.15, 0.2) is 0 Å². The van der Waals surface area contributed by atoms with Crippen LogP contribution in [0.2, 0.25) is 0 Å². The summed E-state index contributed by atoms with van der Waals surface area (Å²) in [6.07, 6.45) is 0. The fourth-order valence-corrected chi connectivity index (χ4v) is 2.35. The smallest absolute Gasteiger partial charge is 0.114 e. The largest absolute Gasteiger partial charge is 0.389 e. The number of hydrogen-bond donors (Lipinski definition) is 4. The molecule has 2 heterocycles. The Balaban J connectivity index is 2.61. The van der Waals surface area contributed by atoms with E-state index in [1.54, 1.807) is 0 Å². The highest BCUT2D eigenvalue weighted by molar-refractivity contribution is 8.02. The van der Waals surface area contributed by atoms with Gasteiger partial charge in [0.25, 0.3) is 0 Å². The van der Waals surface area contributed by atoms with Gasteiger partial charge < -0.3 is 20.9 Å². The van der Waals surface area contributed by atoms with E-state index >= 15 is 0 Å². The molecular weight excluding hydrogens is 168 g/mol. The summed E-state index contributed by atoms with van der Waals surface area (Å²) in [5.74, 6) is 0. The molecule has 6 heteroatoms. The first-order valence-electron chi connectivity index (χ1n) is 2.64. The second-order valence-corrected chi connectivity index (χ2v) is 3.58. The zero-order valence-electron chi connectivity index (χ0n) is 4.97. The van der Waals surface area contributed by atoms with Crippen molar-refractivity contribution in [3.05, 3.63) is 0 Å². The van der Waals surface area contributed by atoms with Crippen molar-refractivity contribution in [3.8, 4) is 0 Å². The number of thiophene rings is 1. The van der Waals surface area contributed by atoms with Gasteiger partial charge in [0, 0.05) is 0 Å². The SMILES string of the molecule is Nc1sc(N)c2c1NSN2. The molecule has 1 aliphatic rings. The summed E-state index contributed by atoms with van der Waals surface area (Å²) in [6.45, 7) is 0.